The Bertz CT molecular complexity index is 285. The van der Waals surface area contributed by atoms with Gasteiger partial charge < -0.3 is 9.47 Å². The number of hydrogen-bond acceptors (Lipinski definition) is 2. The van der Waals surface area contributed by atoms with Crippen LogP contribution in [0.3, 0.4) is 0 Å². The van der Waals surface area contributed by atoms with Crippen LogP contribution in [0.15, 0.2) is 12.2 Å². The normalized spacial score (nSPS) is 31.3. The molecular formula is C16H30O2. The molecule has 0 fully saturated rings. The lowest BCUT2D eigenvalue weighted by molar-refractivity contribution is -0.0843. The van der Waals surface area contributed by atoms with Crippen LogP contribution in [0.2, 0.25) is 0 Å². The third kappa shape index (κ3) is 2.65. The highest BCUT2D eigenvalue weighted by atomic mass is 16.5. The second kappa shape index (κ2) is 5.75. The van der Waals surface area contributed by atoms with E-state index in [1.807, 2.05) is 7.11 Å². The van der Waals surface area contributed by atoms with Crippen molar-refractivity contribution in [2.75, 3.05) is 20.8 Å². The average molecular weight is 254 g/mol. The minimum Gasteiger partial charge on any atom is -0.384 e. The highest BCUT2D eigenvalue weighted by molar-refractivity contribution is 5.15. The molecule has 0 aromatic carbocycles. The number of rotatable bonds is 5. The van der Waals surface area contributed by atoms with Crippen molar-refractivity contribution in [1.29, 1.82) is 0 Å². The predicted molar refractivity (Wildman–Crippen MR) is 76.6 cm³/mol. The van der Waals surface area contributed by atoms with Crippen molar-refractivity contribution in [3.05, 3.63) is 12.2 Å². The van der Waals surface area contributed by atoms with E-state index in [-0.39, 0.29) is 16.9 Å². The van der Waals surface area contributed by atoms with Crippen molar-refractivity contribution in [3.8, 4) is 0 Å². The molecule has 2 atom stereocenters. The van der Waals surface area contributed by atoms with E-state index in [4.69, 9.17) is 9.47 Å². The minimum absolute atomic E-state index is 0.123. The van der Waals surface area contributed by atoms with E-state index in [1.54, 1.807) is 7.11 Å². The summed E-state index contributed by atoms with van der Waals surface area (Å²) in [4.78, 5) is 0. The van der Waals surface area contributed by atoms with E-state index in [2.05, 4.69) is 46.8 Å². The molecule has 2 unspecified atom stereocenters. The highest BCUT2D eigenvalue weighted by Gasteiger charge is 2.49. The summed E-state index contributed by atoms with van der Waals surface area (Å²) in [6.45, 7) is 12.3. The molecule has 2 heteroatoms. The fraction of sp³-hybridized carbons (Fsp3) is 0.875. The molecule has 1 aliphatic carbocycles. The molecule has 0 aliphatic heterocycles. The van der Waals surface area contributed by atoms with Crippen LogP contribution in [-0.2, 0) is 9.47 Å². The third-order valence-electron chi connectivity index (χ3n) is 4.79. The maximum Gasteiger partial charge on any atom is 0.0813 e. The number of hydrogen-bond donors (Lipinski definition) is 0. The second-order valence-corrected chi connectivity index (χ2v) is 6.70. The summed E-state index contributed by atoms with van der Waals surface area (Å²) >= 11 is 0. The molecule has 0 N–H and O–H groups in total. The monoisotopic (exact) mass is 254 g/mol. The van der Waals surface area contributed by atoms with Crippen LogP contribution in [0.1, 0.15) is 41.0 Å². The van der Waals surface area contributed by atoms with Crippen molar-refractivity contribution in [2.45, 2.75) is 47.1 Å². The molecule has 18 heavy (non-hydrogen) atoms. The van der Waals surface area contributed by atoms with E-state index >= 15 is 0 Å². The summed E-state index contributed by atoms with van der Waals surface area (Å²) in [7, 11) is 3.61. The molecule has 0 radical (unpaired) electrons. The van der Waals surface area contributed by atoms with Gasteiger partial charge in [0.25, 0.3) is 0 Å². The molecule has 0 spiro atoms. The summed E-state index contributed by atoms with van der Waals surface area (Å²) in [6.07, 6.45) is 5.87. The first-order valence-corrected chi connectivity index (χ1v) is 7.03. The standard InChI is InChI=1S/C16H30O2/c1-12(2)16(13(3)4)10-15(5,11-17-6)9-8-14(16)18-7/h8-9,12-14H,10-11H2,1-7H3. The van der Waals surface area contributed by atoms with Crippen molar-refractivity contribution in [2.24, 2.45) is 22.7 Å². The van der Waals surface area contributed by atoms with E-state index in [0.29, 0.717) is 11.8 Å². The van der Waals surface area contributed by atoms with Gasteiger partial charge in [-0.15, -0.1) is 0 Å². The first-order valence-electron chi connectivity index (χ1n) is 7.03. The molecule has 2 nitrogen and oxygen atoms in total. The SMILES string of the molecule is COCC1(C)C=CC(OC)C(C(C)C)(C(C)C)C1. The van der Waals surface area contributed by atoms with Crippen molar-refractivity contribution >= 4 is 0 Å². The molecule has 0 saturated carbocycles. The predicted octanol–water partition coefficient (Wildman–Crippen LogP) is 3.91. The molecule has 0 bridgehead atoms. The average Bonchev–Trinajstić information content (AvgIpc) is 2.28. The van der Waals surface area contributed by atoms with Crippen molar-refractivity contribution < 1.29 is 9.47 Å². The van der Waals surface area contributed by atoms with Gasteiger partial charge in [0.15, 0.2) is 0 Å². The van der Waals surface area contributed by atoms with E-state index in [0.717, 1.165) is 13.0 Å². The lowest BCUT2D eigenvalue weighted by atomic mass is 9.55. The first kappa shape index (κ1) is 15.7. The zero-order valence-corrected chi connectivity index (χ0v) is 13.1. The van der Waals surface area contributed by atoms with Gasteiger partial charge in [-0.2, -0.15) is 0 Å². The van der Waals surface area contributed by atoms with Gasteiger partial charge >= 0.3 is 0 Å². The van der Waals surface area contributed by atoms with Crippen LogP contribution in [0, 0.1) is 22.7 Å². The third-order valence-corrected chi connectivity index (χ3v) is 4.79. The molecule has 106 valence electrons. The molecule has 1 rings (SSSR count). The molecule has 1 aliphatic rings. The molecule has 0 saturated heterocycles. The van der Waals surface area contributed by atoms with Gasteiger partial charge in [-0.05, 0) is 18.3 Å². The van der Waals surface area contributed by atoms with Gasteiger partial charge in [0.1, 0.15) is 0 Å². The summed E-state index contributed by atoms with van der Waals surface area (Å²) in [5.74, 6) is 1.17. The van der Waals surface area contributed by atoms with Crippen LogP contribution >= 0.6 is 0 Å². The van der Waals surface area contributed by atoms with Gasteiger partial charge in [-0.3, -0.25) is 0 Å². The van der Waals surface area contributed by atoms with Crippen LogP contribution in [0.25, 0.3) is 0 Å². The summed E-state index contributed by atoms with van der Waals surface area (Å²) in [5.41, 5.74) is 0.315. The van der Waals surface area contributed by atoms with E-state index in [9.17, 15) is 0 Å². The van der Waals surface area contributed by atoms with Gasteiger partial charge in [-0.1, -0.05) is 46.8 Å². The van der Waals surface area contributed by atoms with Gasteiger partial charge in [0, 0.05) is 25.0 Å². The summed E-state index contributed by atoms with van der Waals surface area (Å²) in [6, 6.07) is 0. The maximum atomic E-state index is 5.77. The number of ether oxygens (including phenoxy) is 2. The molecule has 0 aromatic rings. The molecule has 0 amide bonds. The summed E-state index contributed by atoms with van der Waals surface area (Å²) in [5, 5.41) is 0. The fourth-order valence-electron chi connectivity index (χ4n) is 3.82. The quantitative estimate of drug-likeness (QED) is 0.692. The lowest BCUT2D eigenvalue weighted by Gasteiger charge is -2.52. The topological polar surface area (TPSA) is 18.5 Å². The van der Waals surface area contributed by atoms with Crippen molar-refractivity contribution in [3.63, 3.8) is 0 Å². The lowest BCUT2D eigenvalue weighted by Crippen LogP contribution is -2.50. The summed E-state index contributed by atoms with van der Waals surface area (Å²) < 4.78 is 11.2. The van der Waals surface area contributed by atoms with Gasteiger partial charge in [0.2, 0.25) is 0 Å². The number of methoxy groups -OCH3 is 2. The smallest absolute Gasteiger partial charge is 0.0813 e. The van der Waals surface area contributed by atoms with E-state index < -0.39 is 0 Å². The Morgan fingerprint density at radius 3 is 2.11 bits per heavy atom. The highest BCUT2D eigenvalue weighted by Crippen LogP contribution is 2.52. The largest absolute Gasteiger partial charge is 0.384 e. The van der Waals surface area contributed by atoms with Crippen LogP contribution in [0.4, 0.5) is 0 Å². The zero-order valence-electron chi connectivity index (χ0n) is 13.1. The Morgan fingerprint density at radius 1 is 1.17 bits per heavy atom. The van der Waals surface area contributed by atoms with Gasteiger partial charge in [-0.25, -0.2) is 0 Å². The van der Waals surface area contributed by atoms with Crippen molar-refractivity contribution in [1.82, 2.24) is 0 Å². The Kier molecular flexibility index (Phi) is 5.02. The Hall–Kier alpha value is -0.340. The van der Waals surface area contributed by atoms with Crippen LogP contribution < -0.4 is 0 Å². The van der Waals surface area contributed by atoms with E-state index in [1.165, 1.54) is 0 Å². The Morgan fingerprint density at radius 2 is 1.72 bits per heavy atom. The molecule has 0 aromatic heterocycles. The maximum absolute atomic E-state index is 5.77. The first-order chi connectivity index (χ1) is 8.32. The van der Waals surface area contributed by atoms with Crippen LogP contribution in [-0.4, -0.2) is 26.9 Å². The minimum atomic E-state index is 0.123. The molecule has 0 heterocycles. The Labute approximate surface area is 113 Å². The van der Waals surface area contributed by atoms with Gasteiger partial charge in [0.05, 0.1) is 12.7 Å². The van der Waals surface area contributed by atoms with Crippen LogP contribution in [0.5, 0.6) is 0 Å². The second-order valence-electron chi connectivity index (χ2n) is 6.70. The Balaban J connectivity index is 3.17. The zero-order chi connectivity index (χ0) is 14.0. The fourth-order valence-corrected chi connectivity index (χ4v) is 3.82. The molecular weight excluding hydrogens is 224 g/mol.